The number of para-hydroxylation sites is 1. The molecule has 0 saturated carbocycles. The Morgan fingerprint density at radius 3 is 2.30 bits per heavy atom. The third kappa shape index (κ3) is 4.15. The van der Waals surface area contributed by atoms with Crippen LogP contribution in [0.5, 0.6) is 0 Å². The van der Waals surface area contributed by atoms with E-state index in [9.17, 15) is 0 Å². The Bertz CT molecular complexity index is 2020. The van der Waals surface area contributed by atoms with E-state index in [2.05, 4.69) is 137 Å². The van der Waals surface area contributed by atoms with Crippen molar-refractivity contribution in [1.82, 2.24) is 4.57 Å². The van der Waals surface area contributed by atoms with Gasteiger partial charge in [-0.3, -0.25) is 0 Å². The molecule has 216 valence electrons. The molecule has 2 nitrogen and oxygen atoms in total. The Hall–Kier alpha value is -4.56. The van der Waals surface area contributed by atoms with Crippen LogP contribution in [0, 0.1) is 0 Å². The molecular formula is C42H38N2. The van der Waals surface area contributed by atoms with Gasteiger partial charge in [0.25, 0.3) is 0 Å². The molecule has 2 heteroatoms. The molecule has 3 atom stereocenters. The maximum Gasteiger partial charge on any atom is 0.0494 e. The first-order chi connectivity index (χ1) is 21.8. The van der Waals surface area contributed by atoms with Crippen LogP contribution in [-0.4, -0.2) is 10.6 Å². The van der Waals surface area contributed by atoms with Gasteiger partial charge in [-0.15, -0.1) is 0 Å². The smallest absolute Gasteiger partial charge is 0.0494 e. The fraction of sp³-hybridized carbons (Fsp3) is 0.238. The summed E-state index contributed by atoms with van der Waals surface area (Å²) in [5.74, 6) is 0.471. The summed E-state index contributed by atoms with van der Waals surface area (Å²) in [6.45, 7) is 0. The van der Waals surface area contributed by atoms with Crippen LogP contribution in [0.15, 0.2) is 133 Å². The highest BCUT2D eigenvalue weighted by atomic mass is 15.2. The van der Waals surface area contributed by atoms with Crippen molar-refractivity contribution in [2.45, 2.75) is 62.9 Å². The number of allylic oxidation sites excluding steroid dienone is 7. The van der Waals surface area contributed by atoms with Crippen LogP contribution < -0.4 is 4.90 Å². The van der Waals surface area contributed by atoms with Crippen LogP contribution in [0.3, 0.4) is 0 Å². The lowest BCUT2D eigenvalue weighted by molar-refractivity contribution is 0.485. The highest BCUT2D eigenvalue weighted by molar-refractivity contribution is 6.09. The fourth-order valence-corrected chi connectivity index (χ4v) is 8.49. The Morgan fingerprint density at radius 1 is 0.614 bits per heavy atom. The lowest BCUT2D eigenvalue weighted by Crippen LogP contribution is -2.34. The van der Waals surface area contributed by atoms with Crippen LogP contribution in [-0.2, 0) is 0 Å². The summed E-state index contributed by atoms with van der Waals surface area (Å²) < 4.78 is 2.62. The Kier molecular flexibility index (Phi) is 6.21. The highest BCUT2D eigenvalue weighted by Crippen LogP contribution is 2.50. The average molecular weight is 571 g/mol. The summed E-state index contributed by atoms with van der Waals surface area (Å²) in [5, 5.41) is 2.74. The zero-order valence-electron chi connectivity index (χ0n) is 25.2. The number of anilines is 1. The van der Waals surface area contributed by atoms with E-state index < -0.39 is 0 Å². The Labute approximate surface area is 260 Å². The van der Waals surface area contributed by atoms with Gasteiger partial charge < -0.3 is 9.47 Å². The van der Waals surface area contributed by atoms with Gasteiger partial charge in [0.15, 0.2) is 0 Å². The summed E-state index contributed by atoms with van der Waals surface area (Å²) in [6, 6.07) is 35.4. The molecule has 0 N–H and O–H groups in total. The fourth-order valence-electron chi connectivity index (χ4n) is 8.49. The van der Waals surface area contributed by atoms with Crippen LogP contribution in [0.1, 0.15) is 68.0 Å². The minimum Gasteiger partial charge on any atom is -0.341 e. The second-order valence-electron chi connectivity index (χ2n) is 13.0. The molecule has 2 heterocycles. The van der Waals surface area contributed by atoms with E-state index in [0.29, 0.717) is 18.0 Å². The summed E-state index contributed by atoms with van der Waals surface area (Å²) in [5.41, 5.74) is 12.5. The number of hydrogen-bond acceptors (Lipinski definition) is 1. The molecule has 0 fully saturated rings. The lowest BCUT2D eigenvalue weighted by atomic mass is 9.87. The van der Waals surface area contributed by atoms with Crippen molar-refractivity contribution in [2.75, 3.05) is 4.90 Å². The molecule has 3 unspecified atom stereocenters. The van der Waals surface area contributed by atoms with E-state index in [1.54, 1.807) is 0 Å². The summed E-state index contributed by atoms with van der Waals surface area (Å²) in [4.78, 5) is 2.71. The number of fused-ring (bicyclic) bond motifs is 6. The largest absolute Gasteiger partial charge is 0.341 e. The van der Waals surface area contributed by atoms with Gasteiger partial charge in [0, 0.05) is 51.2 Å². The number of benzene rings is 4. The molecule has 44 heavy (non-hydrogen) atoms. The number of aromatic nitrogens is 1. The average Bonchev–Trinajstić information content (AvgIpc) is 3.61. The molecule has 0 saturated heterocycles. The minimum atomic E-state index is 0.471. The predicted octanol–water partition coefficient (Wildman–Crippen LogP) is 11.1. The van der Waals surface area contributed by atoms with Gasteiger partial charge in [0.05, 0.1) is 0 Å². The lowest BCUT2D eigenvalue weighted by Gasteiger charge is -2.34. The molecule has 1 aromatic heterocycles. The van der Waals surface area contributed by atoms with E-state index in [-0.39, 0.29) is 0 Å². The van der Waals surface area contributed by atoms with Gasteiger partial charge in [-0.25, -0.2) is 0 Å². The number of rotatable bonds is 4. The van der Waals surface area contributed by atoms with Crippen LogP contribution in [0.4, 0.5) is 5.69 Å². The molecular weight excluding hydrogens is 532 g/mol. The topological polar surface area (TPSA) is 8.17 Å². The third-order valence-electron chi connectivity index (χ3n) is 10.6. The van der Waals surface area contributed by atoms with E-state index in [0.717, 1.165) is 25.7 Å². The first-order valence-electron chi connectivity index (χ1n) is 16.6. The van der Waals surface area contributed by atoms with Crippen molar-refractivity contribution in [3.05, 3.63) is 144 Å². The van der Waals surface area contributed by atoms with Gasteiger partial charge >= 0.3 is 0 Å². The first kappa shape index (κ1) is 25.9. The molecule has 0 amide bonds. The van der Waals surface area contributed by atoms with Gasteiger partial charge in [-0.05, 0) is 103 Å². The zero-order valence-corrected chi connectivity index (χ0v) is 25.2. The second kappa shape index (κ2) is 10.6. The maximum absolute atomic E-state index is 2.71. The number of hydrogen-bond donors (Lipinski definition) is 0. The quantitative estimate of drug-likeness (QED) is 0.195. The van der Waals surface area contributed by atoms with Crippen molar-refractivity contribution in [3.63, 3.8) is 0 Å². The highest BCUT2D eigenvalue weighted by Gasteiger charge is 2.39. The number of nitrogens with zero attached hydrogens (tertiary/aromatic N) is 2. The van der Waals surface area contributed by atoms with Crippen molar-refractivity contribution in [3.8, 4) is 11.1 Å². The predicted molar refractivity (Wildman–Crippen MR) is 186 cm³/mol. The molecule has 9 rings (SSSR count). The zero-order chi connectivity index (χ0) is 29.0. The molecule has 3 aliphatic carbocycles. The molecule has 4 aliphatic rings. The SMILES string of the molecule is C1=CC2c3ccc(-c4ccc5c(c4)c4ccccc4n5C4CC=CCC4)cc3N(C3=CC=C(c4ccccc4)CC3)C2CC1. The third-order valence-corrected chi connectivity index (χ3v) is 10.6. The minimum absolute atomic E-state index is 0.471. The molecule has 1 aliphatic heterocycles. The summed E-state index contributed by atoms with van der Waals surface area (Å²) in [6.07, 6.45) is 22.4. The van der Waals surface area contributed by atoms with Crippen LogP contribution in [0.2, 0.25) is 0 Å². The van der Waals surface area contributed by atoms with E-state index in [1.807, 2.05) is 0 Å². The summed E-state index contributed by atoms with van der Waals surface area (Å²) >= 11 is 0. The van der Waals surface area contributed by atoms with Gasteiger partial charge in [0.1, 0.15) is 0 Å². The van der Waals surface area contributed by atoms with Crippen molar-refractivity contribution in [2.24, 2.45) is 0 Å². The van der Waals surface area contributed by atoms with E-state index >= 15 is 0 Å². The van der Waals surface area contributed by atoms with Gasteiger partial charge in [-0.2, -0.15) is 0 Å². The van der Waals surface area contributed by atoms with Crippen LogP contribution in [0.25, 0.3) is 38.5 Å². The molecule has 0 radical (unpaired) electrons. The summed E-state index contributed by atoms with van der Waals surface area (Å²) in [7, 11) is 0. The van der Waals surface area contributed by atoms with E-state index in [4.69, 9.17) is 0 Å². The molecule has 0 spiro atoms. The normalized spacial score (nSPS) is 22.6. The maximum atomic E-state index is 2.71. The Balaban J connectivity index is 1.14. The van der Waals surface area contributed by atoms with E-state index in [1.165, 1.54) is 80.3 Å². The second-order valence-corrected chi connectivity index (χ2v) is 13.0. The molecule has 5 aromatic rings. The van der Waals surface area contributed by atoms with Crippen LogP contribution >= 0.6 is 0 Å². The standard InChI is InChI=1S/C42H38N2/c1-3-11-29(12-4-1)30-19-23-34(24-20-30)44-39-17-9-7-15-35(39)37-25-21-32(28-42(37)44)31-22-26-41-38(27-31)36-16-8-10-18-40(36)43(41)33-13-5-2-6-14-33/h1-5,7-8,10-12,15-16,18-19,21-23,25-28,33,35,39H,6,9,13-14,17,20,24H2. The first-order valence-corrected chi connectivity index (χ1v) is 16.6. The van der Waals surface area contributed by atoms with Crippen molar-refractivity contribution < 1.29 is 0 Å². The van der Waals surface area contributed by atoms with Gasteiger partial charge in [-0.1, -0.05) is 97.1 Å². The Morgan fingerprint density at radius 2 is 1.43 bits per heavy atom. The monoisotopic (exact) mass is 570 g/mol. The van der Waals surface area contributed by atoms with Gasteiger partial charge in [0.2, 0.25) is 0 Å². The van der Waals surface area contributed by atoms with Crippen molar-refractivity contribution >= 4 is 33.1 Å². The molecule has 0 bridgehead atoms. The molecule has 4 aromatic carbocycles. The van der Waals surface area contributed by atoms with Crippen molar-refractivity contribution in [1.29, 1.82) is 0 Å².